The van der Waals surface area contributed by atoms with Crippen LogP contribution < -0.4 is 4.90 Å². The number of benzene rings is 12. The van der Waals surface area contributed by atoms with E-state index in [-0.39, 0.29) is 0 Å². The lowest BCUT2D eigenvalue weighted by Crippen LogP contribution is -2.28. The van der Waals surface area contributed by atoms with E-state index in [0.717, 1.165) is 28.3 Å². The number of rotatable bonds is 9. The first-order chi connectivity index (χ1) is 36.2. The fourth-order valence-corrected chi connectivity index (χ4v) is 12.1. The van der Waals surface area contributed by atoms with Gasteiger partial charge in [0.2, 0.25) is 0 Å². The van der Waals surface area contributed by atoms with Crippen LogP contribution >= 0.6 is 0 Å². The van der Waals surface area contributed by atoms with Gasteiger partial charge in [0.1, 0.15) is 0 Å². The normalized spacial score (nSPS) is 12.5. The summed E-state index contributed by atoms with van der Waals surface area (Å²) < 4.78 is 2.38. The predicted molar refractivity (Wildman–Crippen MR) is 307 cm³/mol. The summed E-state index contributed by atoms with van der Waals surface area (Å²) in [5, 5.41) is 5.02. The Balaban J connectivity index is 0.907. The van der Waals surface area contributed by atoms with Crippen LogP contribution in [0.4, 0.5) is 17.1 Å². The van der Waals surface area contributed by atoms with Crippen LogP contribution in [0, 0.1) is 0 Å². The van der Waals surface area contributed by atoms with Crippen LogP contribution in [0.5, 0.6) is 0 Å². The third kappa shape index (κ3) is 6.87. The fourth-order valence-electron chi connectivity index (χ4n) is 12.1. The Hall–Kier alpha value is -9.50. The highest BCUT2D eigenvalue weighted by atomic mass is 15.1. The summed E-state index contributed by atoms with van der Waals surface area (Å²) in [6.45, 7) is 0. The highest BCUT2D eigenvalue weighted by Crippen LogP contribution is 2.57. The molecule has 342 valence electrons. The summed E-state index contributed by atoms with van der Waals surface area (Å²) in [6, 6.07) is 107. The van der Waals surface area contributed by atoms with Crippen LogP contribution in [0.1, 0.15) is 22.3 Å². The number of anilines is 3. The second kappa shape index (κ2) is 17.4. The molecule has 0 amide bonds. The third-order valence-electron chi connectivity index (χ3n) is 15.3. The van der Waals surface area contributed by atoms with Gasteiger partial charge < -0.3 is 9.47 Å². The van der Waals surface area contributed by atoms with E-state index in [2.05, 4.69) is 301 Å². The number of aromatic nitrogens is 1. The molecule has 0 fully saturated rings. The molecule has 14 rings (SSSR count). The van der Waals surface area contributed by atoms with Crippen LogP contribution in [-0.4, -0.2) is 4.57 Å². The van der Waals surface area contributed by atoms with E-state index in [1.54, 1.807) is 0 Å². The van der Waals surface area contributed by atoms with Crippen LogP contribution in [0.25, 0.3) is 82.8 Å². The number of hydrogen-bond donors (Lipinski definition) is 0. The second-order valence-corrected chi connectivity index (χ2v) is 19.2. The van der Waals surface area contributed by atoms with Crippen LogP contribution in [-0.2, 0) is 5.41 Å². The van der Waals surface area contributed by atoms with E-state index in [9.17, 15) is 0 Å². The first kappa shape index (κ1) is 42.4. The molecule has 0 unspecified atom stereocenters. The zero-order valence-corrected chi connectivity index (χ0v) is 40.1. The van der Waals surface area contributed by atoms with Gasteiger partial charge in [-0.2, -0.15) is 0 Å². The molecule has 0 aliphatic heterocycles. The molecular weight excluding hydrogens is 881 g/mol. The summed E-state index contributed by atoms with van der Waals surface area (Å²) in [5.74, 6) is 0. The minimum Gasteiger partial charge on any atom is -0.310 e. The molecule has 0 bridgehead atoms. The van der Waals surface area contributed by atoms with Crippen molar-refractivity contribution in [3.63, 3.8) is 0 Å². The first-order valence-corrected chi connectivity index (χ1v) is 25.2. The molecule has 1 aromatic heterocycles. The summed E-state index contributed by atoms with van der Waals surface area (Å²) in [4.78, 5) is 2.43. The van der Waals surface area contributed by atoms with Crippen molar-refractivity contribution in [1.82, 2.24) is 4.57 Å². The number of hydrogen-bond acceptors (Lipinski definition) is 1. The molecule has 73 heavy (non-hydrogen) atoms. The minimum absolute atomic E-state index is 0.528. The molecule has 2 heteroatoms. The summed E-state index contributed by atoms with van der Waals surface area (Å²) in [6.07, 6.45) is 0. The Bertz CT molecular complexity index is 4060. The van der Waals surface area contributed by atoms with Crippen molar-refractivity contribution < 1.29 is 0 Å². The van der Waals surface area contributed by atoms with Gasteiger partial charge in [-0.1, -0.05) is 231 Å². The molecule has 0 spiro atoms. The average molecular weight is 929 g/mol. The quantitative estimate of drug-likeness (QED) is 0.140. The van der Waals surface area contributed by atoms with Gasteiger partial charge in [-0.25, -0.2) is 0 Å². The third-order valence-corrected chi connectivity index (χ3v) is 15.3. The summed E-state index contributed by atoms with van der Waals surface area (Å²) in [5.41, 5.74) is 21.1. The highest BCUT2D eigenvalue weighted by molar-refractivity contribution is 6.09. The number of nitrogens with zero attached hydrogens (tertiary/aromatic N) is 2. The standard InChI is InChI=1S/C71H48N2/c1-4-18-51(19-5-1)60-29-16-20-53-21-17-30-61(70(53)60)52-38-44-57(45-39-52)72(56-40-34-49(35-41-56)50-36-42-58(43-37-50)73-68-32-14-11-27-64(68)65-28-12-15-33-69(65)73)59-46-47-63-62-26-10-13-31-66(62)71(67(63)48-59,54-22-6-2-7-23-54)55-24-8-3-9-25-55/h1-48H. The van der Waals surface area contributed by atoms with Crippen LogP contribution in [0.15, 0.2) is 291 Å². The lowest BCUT2D eigenvalue weighted by molar-refractivity contribution is 0.768. The summed E-state index contributed by atoms with van der Waals surface area (Å²) >= 11 is 0. The van der Waals surface area contributed by atoms with Crippen LogP contribution in [0.2, 0.25) is 0 Å². The van der Waals surface area contributed by atoms with Crippen molar-refractivity contribution in [2.24, 2.45) is 0 Å². The Labute approximate surface area is 426 Å². The molecule has 13 aromatic rings. The lowest BCUT2D eigenvalue weighted by Gasteiger charge is -2.35. The zero-order valence-electron chi connectivity index (χ0n) is 40.1. The van der Waals surface area contributed by atoms with Crippen molar-refractivity contribution in [3.05, 3.63) is 313 Å². The van der Waals surface area contributed by atoms with Gasteiger partial charge in [0.05, 0.1) is 16.4 Å². The van der Waals surface area contributed by atoms with Crippen molar-refractivity contribution in [3.8, 4) is 50.2 Å². The first-order valence-electron chi connectivity index (χ1n) is 25.2. The largest absolute Gasteiger partial charge is 0.310 e. The molecule has 12 aromatic carbocycles. The maximum Gasteiger partial charge on any atom is 0.0714 e. The van der Waals surface area contributed by atoms with E-state index < -0.39 is 5.41 Å². The van der Waals surface area contributed by atoms with Gasteiger partial charge in [-0.05, 0) is 138 Å². The molecule has 1 aliphatic carbocycles. The van der Waals surface area contributed by atoms with Crippen LogP contribution in [0.3, 0.4) is 0 Å². The zero-order chi connectivity index (χ0) is 48.3. The molecule has 0 N–H and O–H groups in total. The van der Waals surface area contributed by atoms with E-state index >= 15 is 0 Å². The van der Waals surface area contributed by atoms with Gasteiger partial charge in [0.15, 0.2) is 0 Å². The van der Waals surface area contributed by atoms with E-state index in [0.29, 0.717) is 0 Å². The SMILES string of the molecule is c1ccc(-c2cccc3cccc(-c4ccc(N(c5ccc(-c6ccc(-n7c8ccccc8c8ccccc87)cc6)cc5)c5ccc6c(c5)C(c5ccccc5)(c5ccccc5)c5ccccc5-6)cc4)c23)cc1. The van der Waals surface area contributed by atoms with Gasteiger partial charge >= 0.3 is 0 Å². The maximum absolute atomic E-state index is 2.46. The van der Waals surface area contributed by atoms with E-state index in [1.165, 1.54) is 93.8 Å². The monoisotopic (exact) mass is 928 g/mol. The van der Waals surface area contributed by atoms with Crippen molar-refractivity contribution in [2.75, 3.05) is 4.90 Å². The van der Waals surface area contributed by atoms with Gasteiger partial charge in [0, 0.05) is 33.5 Å². The van der Waals surface area contributed by atoms with Crippen molar-refractivity contribution >= 4 is 49.6 Å². The van der Waals surface area contributed by atoms with E-state index in [1.807, 2.05) is 0 Å². The van der Waals surface area contributed by atoms with Crippen molar-refractivity contribution in [2.45, 2.75) is 5.41 Å². The average Bonchev–Trinajstić information content (AvgIpc) is 4.01. The molecule has 0 saturated carbocycles. The van der Waals surface area contributed by atoms with E-state index in [4.69, 9.17) is 0 Å². The number of fused-ring (bicyclic) bond motifs is 7. The molecule has 1 heterocycles. The Morgan fingerprint density at radius 2 is 0.726 bits per heavy atom. The molecule has 1 aliphatic rings. The Morgan fingerprint density at radius 1 is 0.288 bits per heavy atom. The second-order valence-electron chi connectivity index (χ2n) is 19.2. The van der Waals surface area contributed by atoms with Gasteiger partial charge in [0.25, 0.3) is 0 Å². The van der Waals surface area contributed by atoms with Crippen molar-refractivity contribution in [1.29, 1.82) is 0 Å². The maximum atomic E-state index is 2.46. The Kier molecular flexibility index (Phi) is 10.1. The topological polar surface area (TPSA) is 8.17 Å². The molecular formula is C71H48N2. The number of para-hydroxylation sites is 2. The smallest absolute Gasteiger partial charge is 0.0714 e. The Morgan fingerprint density at radius 3 is 1.32 bits per heavy atom. The molecule has 0 atom stereocenters. The molecule has 2 nitrogen and oxygen atoms in total. The predicted octanol–water partition coefficient (Wildman–Crippen LogP) is 18.8. The molecule has 0 saturated heterocycles. The highest BCUT2D eigenvalue weighted by Gasteiger charge is 2.46. The molecule has 0 radical (unpaired) electrons. The van der Waals surface area contributed by atoms with Gasteiger partial charge in [-0.15, -0.1) is 0 Å². The fraction of sp³-hybridized carbons (Fsp3) is 0.0141. The minimum atomic E-state index is -0.528. The lowest BCUT2D eigenvalue weighted by atomic mass is 9.67. The van der Waals surface area contributed by atoms with Gasteiger partial charge in [-0.3, -0.25) is 0 Å². The summed E-state index contributed by atoms with van der Waals surface area (Å²) in [7, 11) is 0.